The highest BCUT2D eigenvalue weighted by Gasteiger charge is 2.23. The fourth-order valence-corrected chi connectivity index (χ4v) is 3.62. The Bertz CT molecular complexity index is 1070. The van der Waals surface area contributed by atoms with Crippen LogP contribution in [0.15, 0.2) is 66.7 Å². The van der Waals surface area contributed by atoms with Gasteiger partial charge in [0, 0.05) is 12.1 Å². The molecule has 0 aromatic heterocycles. The van der Waals surface area contributed by atoms with Gasteiger partial charge in [0.2, 0.25) is 0 Å². The summed E-state index contributed by atoms with van der Waals surface area (Å²) in [6, 6.07) is 19.4. The first-order valence-corrected chi connectivity index (χ1v) is 10.1. The number of ether oxygens (including phenoxy) is 3. The van der Waals surface area contributed by atoms with Crippen molar-refractivity contribution in [3.63, 3.8) is 0 Å². The van der Waals surface area contributed by atoms with Gasteiger partial charge in [-0.25, -0.2) is 4.39 Å². The molecule has 160 valence electrons. The first-order valence-electron chi connectivity index (χ1n) is 10.1. The standard InChI is InChI=1S/C25H24FNO4/c1-29-24-8-3-2-7-22(24)25(28)27-11-12-31-23-10-9-19(13-20(23)15-27)17-30-16-18-5-4-6-21(26)14-18/h2-10,13-14H,11-12,15-17H2,1H3. The Morgan fingerprint density at radius 1 is 1.03 bits per heavy atom. The summed E-state index contributed by atoms with van der Waals surface area (Å²) in [5, 5.41) is 0. The van der Waals surface area contributed by atoms with E-state index in [1.54, 1.807) is 30.2 Å². The monoisotopic (exact) mass is 421 g/mol. The number of halogens is 1. The van der Waals surface area contributed by atoms with E-state index in [4.69, 9.17) is 14.2 Å². The fourth-order valence-electron chi connectivity index (χ4n) is 3.62. The molecule has 0 unspecified atom stereocenters. The SMILES string of the molecule is COc1ccccc1C(=O)N1CCOc2ccc(COCc3cccc(F)c3)cc2C1. The zero-order valence-corrected chi connectivity index (χ0v) is 17.3. The second-order valence-corrected chi connectivity index (χ2v) is 7.34. The molecule has 0 N–H and O–H groups in total. The van der Waals surface area contributed by atoms with Crippen molar-refractivity contribution in [3.05, 3.63) is 94.8 Å². The number of para-hydroxylation sites is 1. The van der Waals surface area contributed by atoms with Crippen molar-refractivity contribution in [3.8, 4) is 11.5 Å². The summed E-state index contributed by atoms with van der Waals surface area (Å²) in [6.07, 6.45) is 0. The second kappa shape index (κ2) is 9.62. The summed E-state index contributed by atoms with van der Waals surface area (Å²) in [4.78, 5) is 14.9. The zero-order valence-electron chi connectivity index (χ0n) is 17.3. The van der Waals surface area contributed by atoms with Crippen LogP contribution in [-0.2, 0) is 24.5 Å². The van der Waals surface area contributed by atoms with Crippen LogP contribution in [0.4, 0.5) is 4.39 Å². The normalized spacial score (nSPS) is 13.2. The zero-order chi connectivity index (χ0) is 21.6. The van der Waals surface area contributed by atoms with Crippen molar-refractivity contribution in [2.24, 2.45) is 0 Å². The summed E-state index contributed by atoms with van der Waals surface area (Å²) >= 11 is 0. The van der Waals surface area contributed by atoms with Gasteiger partial charge in [0.05, 0.1) is 32.4 Å². The summed E-state index contributed by atoms with van der Waals surface area (Å²) in [5.41, 5.74) is 3.20. The van der Waals surface area contributed by atoms with Crippen LogP contribution in [0.1, 0.15) is 27.0 Å². The van der Waals surface area contributed by atoms with Gasteiger partial charge in [-0.2, -0.15) is 0 Å². The molecule has 1 aliphatic heterocycles. The number of nitrogens with zero attached hydrogens (tertiary/aromatic N) is 1. The Kier molecular flexibility index (Phi) is 6.48. The number of carbonyl (C=O) groups excluding carboxylic acids is 1. The van der Waals surface area contributed by atoms with Crippen LogP contribution in [0.2, 0.25) is 0 Å². The number of benzene rings is 3. The fraction of sp³-hybridized carbons (Fsp3) is 0.240. The van der Waals surface area contributed by atoms with Crippen LogP contribution in [0.5, 0.6) is 11.5 Å². The lowest BCUT2D eigenvalue weighted by atomic mass is 10.1. The molecule has 0 saturated carbocycles. The Labute approximate surface area is 181 Å². The number of hydrogen-bond donors (Lipinski definition) is 0. The molecule has 1 heterocycles. The van der Waals surface area contributed by atoms with E-state index in [2.05, 4.69) is 0 Å². The summed E-state index contributed by atoms with van der Waals surface area (Å²) < 4.78 is 30.3. The van der Waals surface area contributed by atoms with Gasteiger partial charge in [0.1, 0.15) is 23.9 Å². The lowest BCUT2D eigenvalue weighted by Gasteiger charge is -2.21. The second-order valence-electron chi connectivity index (χ2n) is 7.34. The molecular formula is C25H24FNO4. The Morgan fingerprint density at radius 3 is 2.65 bits per heavy atom. The minimum Gasteiger partial charge on any atom is -0.496 e. The molecule has 5 nitrogen and oxygen atoms in total. The van der Waals surface area contributed by atoms with E-state index in [0.717, 1.165) is 22.4 Å². The van der Waals surface area contributed by atoms with Crippen LogP contribution in [0.25, 0.3) is 0 Å². The quantitative estimate of drug-likeness (QED) is 0.584. The largest absolute Gasteiger partial charge is 0.496 e. The first-order chi connectivity index (χ1) is 15.1. The minimum atomic E-state index is -0.275. The molecule has 0 atom stereocenters. The molecule has 3 aromatic rings. The van der Waals surface area contributed by atoms with E-state index in [0.29, 0.717) is 44.2 Å². The molecule has 4 rings (SSSR count). The Morgan fingerprint density at radius 2 is 1.84 bits per heavy atom. The van der Waals surface area contributed by atoms with Gasteiger partial charge in [0.25, 0.3) is 5.91 Å². The van der Waals surface area contributed by atoms with Gasteiger partial charge < -0.3 is 19.1 Å². The number of amides is 1. The van der Waals surface area contributed by atoms with E-state index < -0.39 is 0 Å². The van der Waals surface area contributed by atoms with Crippen molar-refractivity contribution < 1.29 is 23.4 Å². The predicted molar refractivity (Wildman–Crippen MR) is 115 cm³/mol. The molecule has 0 bridgehead atoms. The van der Waals surface area contributed by atoms with Gasteiger partial charge in [-0.3, -0.25) is 4.79 Å². The Hall–Kier alpha value is -3.38. The lowest BCUT2D eigenvalue weighted by Crippen LogP contribution is -2.32. The molecule has 0 radical (unpaired) electrons. The summed E-state index contributed by atoms with van der Waals surface area (Å²) in [5.74, 6) is 0.950. The van der Waals surface area contributed by atoms with Crippen LogP contribution < -0.4 is 9.47 Å². The minimum absolute atomic E-state index is 0.0957. The molecule has 0 saturated heterocycles. The van der Waals surface area contributed by atoms with E-state index in [-0.39, 0.29) is 11.7 Å². The van der Waals surface area contributed by atoms with Gasteiger partial charge in [-0.15, -0.1) is 0 Å². The number of fused-ring (bicyclic) bond motifs is 1. The topological polar surface area (TPSA) is 48.0 Å². The highest BCUT2D eigenvalue weighted by Crippen LogP contribution is 2.27. The Balaban J connectivity index is 1.45. The highest BCUT2D eigenvalue weighted by atomic mass is 19.1. The average molecular weight is 421 g/mol. The van der Waals surface area contributed by atoms with Gasteiger partial charge in [-0.05, 0) is 47.5 Å². The van der Waals surface area contributed by atoms with E-state index in [9.17, 15) is 9.18 Å². The maximum atomic E-state index is 13.3. The van der Waals surface area contributed by atoms with Gasteiger partial charge in [0.15, 0.2) is 0 Å². The first kappa shape index (κ1) is 20.9. The molecule has 31 heavy (non-hydrogen) atoms. The van der Waals surface area contributed by atoms with Crippen molar-refractivity contribution in [2.75, 3.05) is 20.3 Å². The van der Waals surface area contributed by atoms with Crippen LogP contribution in [-0.4, -0.2) is 31.1 Å². The average Bonchev–Trinajstić information content (AvgIpc) is 3.01. The maximum Gasteiger partial charge on any atom is 0.258 e. The number of rotatable bonds is 6. The number of carbonyl (C=O) groups is 1. The third kappa shape index (κ3) is 5.03. The van der Waals surface area contributed by atoms with Crippen LogP contribution in [0.3, 0.4) is 0 Å². The van der Waals surface area contributed by atoms with Gasteiger partial charge >= 0.3 is 0 Å². The molecule has 3 aromatic carbocycles. The summed E-state index contributed by atoms with van der Waals surface area (Å²) in [6.45, 7) is 2.04. The van der Waals surface area contributed by atoms with Crippen LogP contribution >= 0.6 is 0 Å². The molecule has 0 spiro atoms. The molecule has 1 aliphatic rings. The third-order valence-electron chi connectivity index (χ3n) is 5.16. The van der Waals surface area contributed by atoms with E-state index >= 15 is 0 Å². The van der Waals surface area contributed by atoms with Crippen molar-refractivity contribution >= 4 is 5.91 Å². The maximum absolute atomic E-state index is 13.3. The molecule has 0 fully saturated rings. The molecule has 0 aliphatic carbocycles. The molecule has 6 heteroatoms. The molecular weight excluding hydrogens is 397 g/mol. The predicted octanol–water partition coefficient (Wildman–Crippen LogP) is 4.59. The summed E-state index contributed by atoms with van der Waals surface area (Å²) in [7, 11) is 1.56. The number of hydrogen-bond acceptors (Lipinski definition) is 4. The van der Waals surface area contributed by atoms with Crippen molar-refractivity contribution in [1.82, 2.24) is 4.90 Å². The highest BCUT2D eigenvalue weighted by molar-refractivity contribution is 5.97. The van der Waals surface area contributed by atoms with E-state index in [1.165, 1.54) is 12.1 Å². The molecule has 1 amide bonds. The van der Waals surface area contributed by atoms with Crippen LogP contribution in [0, 0.1) is 5.82 Å². The van der Waals surface area contributed by atoms with Crippen molar-refractivity contribution in [1.29, 1.82) is 0 Å². The van der Waals surface area contributed by atoms with E-state index in [1.807, 2.05) is 36.4 Å². The lowest BCUT2D eigenvalue weighted by molar-refractivity contribution is 0.0729. The number of methoxy groups -OCH3 is 1. The van der Waals surface area contributed by atoms with Gasteiger partial charge in [-0.1, -0.05) is 30.3 Å². The van der Waals surface area contributed by atoms with Crippen molar-refractivity contribution in [2.45, 2.75) is 19.8 Å². The third-order valence-corrected chi connectivity index (χ3v) is 5.16. The smallest absolute Gasteiger partial charge is 0.258 e.